The molecule has 0 aliphatic rings. The topological polar surface area (TPSA) is 140 Å². The summed E-state index contributed by atoms with van der Waals surface area (Å²) in [6.07, 6.45) is 2.33. The van der Waals surface area contributed by atoms with Crippen LogP contribution in [0.5, 0.6) is 0 Å². The van der Waals surface area contributed by atoms with Crippen molar-refractivity contribution in [3.05, 3.63) is 30.6 Å². The van der Waals surface area contributed by atoms with Gasteiger partial charge in [0, 0.05) is 25.4 Å². The predicted octanol–water partition coefficient (Wildman–Crippen LogP) is -1.20. The molecule has 0 saturated heterocycles. The van der Waals surface area contributed by atoms with Crippen LogP contribution in [0.4, 0.5) is 0 Å². The molecule has 0 saturated carbocycles. The molecule has 13 heteroatoms. The van der Waals surface area contributed by atoms with E-state index < -0.39 is 29.1 Å². The average Bonchev–Trinajstić information content (AvgIpc) is 2.13. The first-order chi connectivity index (χ1) is 8.18. The van der Waals surface area contributed by atoms with Crippen LogP contribution in [0.25, 0.3) is 0 Å². The second-order valence-electron chi connectivity index (χ2n) is 2.50. The minimum absolute atomic E-state index is 0.671. The quantitative estimate of drug-likeness (QED) is 0.273. The van der Waals surface area contributed by atoms with Gasteiger partial charge in [0.05, 0.1) is 3.97 Å². The Bertz CT molecular complexity index is 624. The fraction of sp³-hybridized carbons (Fsp3) is 0. The molecule has 100 valence electrons. The summed E-state index contributed by atoms with van der Waals surface area (Å²) in [6.45, 7) is 0. The number of aromatic nitrogens is 1. The highest BCUT2D eigenvalue weighted by molar-refractivity contribution is 7.88. The first kappa shape index (κ1) is 14.9. The van der Waals surface area contributed by atoms with Crippen molar-refractivity contribution in [2.75, 3.05) is 0 Å². The fourth-order valence-electron chi connectivity index (χ4n) is 0.713. The van der Waals surface area contributed by atoms with Gasteiger partial charge in [0.25, 0.3) is 10.4 Å². The van der Waals surface area contributed by atoms with Gasteiger partial charge in [0.15, 0.2) is 0 Å². The third-order valence-corrected chi connectivity index (χ3v) is 3.96. The monoisotopic (exact) mass is 318 g/mol. The molecule has 1 atom stereocenters. The van der Waals surface area contributed by atoms with Gasteiger partial charge in [-0.1, -0.05) is 6.07 Å². The van der Waals surface area contributed by atoms with E-state index in [1.165, 1.54) is 24.5 Å². The summed E-state index contributed by atoms with van der Waals surface area (Å²) in [4.78, 5) is 0. The van der Waals surface area contributed by atoms with E-state index in [-0.39, 0.29) is 0 Å². The molecule has 1 aromatic rings. The van der Waals surface area contributed by atoms with Crippen molar-refractivity contribution in [2.45, 2.75) is 0 Å². The number of hydrogen-bond donors (Lipinski definition) is 0. The highest BCUT2D eigenvalue weighted by atomic mass is 32.3. The zero-order chi connectivity index (χ0) is 13.8. The van der Waals surface area contributed by atoms with E-state index in [9.17, 15) is 26.0 Å². The fourth-order valence-corrected chi connectivity index (χ4v) is 2.65. The summed E-state index contributed by atoms with van der Waals surface area (Å²) < 4.78 is 74.6. The van der Waals surface area contributed by atoms with Gasteiger partial charge < -0.3 is 4.55 Å². The smallest absolute Gasteiger partial charge is 0.722 e. The summed E-state index contributed by atoms with van der Waals surface area (Å²) in [5, 5.41) is 0. The number of rotatable bonds is 6. The second kappa shape index (κ2) is 5.65. The zero-order valence-electron chi connectivity index (χ0n) is 8.27. The third-order valence-electron chi connectivity index (χ3n) is 1.17. The van der Waals surface area contributed by atoms with Crippen molar-refractivity contribution in [1.29, 1.82) is 0 Å². The molecule has 0 N–H and O–H groups in total. The van der Waals surface area contributed by atoms with Gasteiger partial charge in [0.2, 0.25) is 12.4 Å². The van der Waals surface area contributed by atoms with Gasteiger partial charge in [-0.2, -0.15) is 8.42 Å². The molecule has 0 amide bonds. The van der Waals surface area contributed by atoms with E-state index in [2.05, 4.69) is 12.2 Å². The second-order valence-corrected chi connectivity index (χ2v) is 5.92. The Hall–Kier alpha value is -1.17. The highest BCUT2D eigenvalue weighted by Gasteiger charge is 2.38. The molecule has 0 spiro atoms. The van der Waals surface area contributed by atoms with E-state index >= 15 is 0 Å². The molecule has 1 aromatic heterocycles. The van der Waals surface area contributed by atoms with Gasteiger partial charge >= 0.3 is 18.7 Å². The number of hydrogen-bond acceptors (Lipinski definition) is 9. The molecule has 0 bridgehead atoms. The minimum atomic E-state index is -5.35. The Morgan fingerprint density at radius 3 is 2.06 bits per heavy atom. The first-order valence-corrected chi connectivity index (χ1v) is 7.68. The normalized spacial score (nSPS) is 13.1. The maximum Gasteiger partial charge on any atom is 0.733 e. The largest absolute Gasteiger partial charge is 0.733 e. The number of nitrogens with zero attached hydrogens (tertiary/aromatic N) is 1. The Balaban J connectivity index is 2.69. The summed E-state index contributed by atoms with van der Waals surface area (Å²) in [5.41, 5.74) is 0. The van der Waals surface area contributed by atoms with Crippen molar-refractivity contribution >= 4 is 29.1 Å². The Labute approximate surface area is 103 Å². The molecule has 1 unspecified atom stereocenters. The maximum atomic E-state index is 11.1. The highest BCUT2D eigenvalue weighted by Crippen LogP contribution is 2.28. The van der Waals surface area contributed by atoms with Gasteiger partial charge in [-0.05, 0) is 0 Å². The van der Waals surface area contributed by atoms with Crippen LogP contribution in [-0.4, -0.2) is 21.4 Å². The van der Waals surface area contributed by atoms with Crippen LogP contribution in [0.1, 0.15) is 0 Å². The first-order valence-electron chi connectivity index (χ1n) is 3.91. The van der Waals surface area contributed by atoms with Crippen LogP contribution in [0.15, 0.2) is 30.6 Å². The molecule has 18 heavy (non-hydrogen) atoms. The van der Waals surface area contributed by atoms with E-state index in [1.807, 2.05) is 0 Å². The Morgan fingerprint density at radius 1 is 1.00 bits per heavy atom. The van der Waals surface area contributed by atoms with Crippen LogP contribution in [-0.2, 0) is 33.3 Å². The van der Waals surface area contributed by atoms with Crippen LogP contribution >= 0.6 is 8.25 Å². The van der Waals surface area contributed by atoms with E-state index in [4.69, 9.17) is 0 Å². The third kappa shape index (κ3) is 5.95. The molecule has 0 fully saturated rings. The van der Waals surface area contributed by atoms with Crippen molar-refractivity contribution in [2.24, 2.45) is 0 Å². The molecule has 10 nitrogen and oxygen atoms in total. The lowest BCUT2D eigenvalue weighted by atomic mass is 10.5. The van der Waals surface area contributed by atoms with Crippen LogP contribution in [0.3, 0.4) is 0 Å². The van der Waals surface area contributed by atoms with Crippen LogP contribution in [0.2, 0.25) is 0 Å². The molecular formula is C5H5NO9PS2+. The standard InChI is InChI=1S/C5H5NO9PS2/c7-16(14-17(8,9)10)15-18(11,12)13-6-4-2-1-3-5-6/h1-5H/q+1. The lowest BCUT2D eigenvalue weighted by Gasteiger charge is -1.95. The van der Waals surface area contributed by atoms with Gasteiger partial charge in [-0.15, -0.1) is 4.28 Å². The van der Waals surface area contributed by atoms with E-state index in [1.54, 1.807) is 6.07 Å². The summed E-state index contributed by atoms with van der Waals surface area (Å²) >= 11 is 0. The molecule has 1 rings (SSSR count). The van der Waals surface area contributed by atoms with E-state index in [0.717, 1.165) is 0 Å². The lowest BCUT2D eigenvalue weighted by Crippen LogP contribution is -2.45. The lowest BCUT2D eigenvalue weighted by molar-refractivity contribution is -0.857. The van der Waals surface area contributed by atoms with Crippen LogP contribution < -0.4 is 9.01 Å². The van der Waals surface area contributed by atoms with Gasteiger partial charge in [-0.3, -0.25) is 0 Å². The summed E-state index contributed by atoms with van der Waals surface area (Å²) in [5.74, 6) is 0. The van der Waals surface area contributed by atoms with Crippen molar-refractivity contribution in [3.8, 4) is 0 Å². The van der Waals surface area contributed by atoms with Crippen molar-refractivity contribution in [1.82, 2.24) is 0 Å². The van der Waals surface area contributed by atoms with Crippen molar-refractivity contribution < 1.29 is 42.9 Å². The molecule has 0 aliphatic heterocycles. The Kier molecular flexibility index (Phi) is 4.67. The molecule has 0 aromatic carbocycles. The average molecular weight is 318 g/mol. The Morgan fingerprint density at radius 2 is 1.56 bits per heavy atom. The minimum Gasteiger partial charge on any atom is -0.722 e. The van der Waals surface area contributed by atoms with Crippen molar-refractivity contribution in [3.63, 3.8) is 0 Å². The van der Waals surface area contributed by atoms with Crippen LogP contribution in [0, 0.1) is 0 Å². The summed E-state index contributed by atoms with van der Waals surface area (Å²) in [7, 11) is -13.9. The van der Waals surface area contributed by atoms with E-state index in [0.29, 0.717) is 4.73 Å². The summed E-state index contributed by atoms with van der Waals surface area (Å²) in [6, 6.07) is 4.38. The SMILES string of the molecule is O=[P+](OS(=O)(=O)[O-])OS(=O)(=O)O[n+]1ccccc1. The molecular weight excluding hydrogens is 313 g/mol. The number of pyridine rings is 1. The molecule has 0 radical (unpaired) electrons. The predicted molar refractivity (Wildman–Crippen MR) is 51.6 cm³/mol. The van der Waals surface area contributed by atoms with Gasteiger partial charge in [-0.25, -0.2) is 8.42 Å². The molecule has 1 heterocycles. The zero-order valence-corrected chi connectivity index (χ0v) is 10.8. The van der Waals surface area contributed by atoms with Gasteiger partial charge in [0.1, 0.15) is 0 Å². The molecule has 0 aliphatic carbocycles. The maximum absolute atomic E-state index is 11.1.